The Bertz CT molecular complexity index is 618. The average Bonchev–Trinajstić information content (AvgIpc) is 3.25. The van der Waals surface area contributed by atoms with Gasteiger partial charge in [0.05, 0.1) is 6.33 Å². The van der Waals surface area contributed by atoms with Crippen LogP contribution in [0.4, 0.5) is 0 Å². The van der Waals surface area contributed by atoms with Crippen LogP contribution in [0, 0.1) is 5.92 Å². The van der Waals surface area contributed by atoms with Crippen LogP contribution in [-0.4, -0.2) is 28.5 Å². The first-order valence-electron chi connectivity index (χ1n) is 8.31. The van der Waals surface area contributed by atoms with Gasteiger partial charge < -0.3 is 15.2 Å². The number of hydrogen-bond acceptors (Lipinski definition) is 3. The summed E-state index contributed by atoms with van der Waals surface area (Å²) in [6.07, 6.45) is 8.34. The lowest BCUT2D eigenvalue weighted by atomic mass is 10.0. The molecule has 1 aliphatic heterocycles. The molecule has 0 aliphatic carbocycles. The first-order valence-corrected chi connectivity index (χ1v) is 8.31. The molecule has 2 N–H and O–H groups in total. The van der Waals surface area contributed by atoms with Crippen LogP contribution in [0.1, 0.15) is 30.4 Å². The lowest BCUT2D eigenvalue weighted by Crippen LogP contribution is -2.24. The summed E-state index contributed by atoms with van der Waals surface area (Å²) in [5.74, 6) is 0.809. The standard InChI is InChI=1S/C18H24N4O/c23-18(6-5-15-7-8-19-11-15)21-12-16-3-1-2-4-17(16)13-22-10-9-20-14-22/h1-4,9-10,14-15,19H,5-8,11-13H2,(H,21,23). The van der Waals surface area contributed by atoms with E-state index >= 15 is 0 Å². The highest BCUT2D eigenvalue weighted by Crippen LogP contribution is 2.14. The molecular weight excluding hydrogens is 288 g/mol. The van der Waals surface area contributed by atoms with Crippen LogP contribution in [0.2, 0.25) is 0 Å². The van der Waals surface area contributed by atoms with Crippen LogP contribution in [0.25, 0.3) is 0 Å². The summed E-state index contributed by atoms with van der Waals surface area (Å²) in [6.45, 7) is 3.52. The van der Waals surface area contributed by atoms with Gasteiger partial charge >= 0.3 is 0 Å². The smallest absolute Gasteiger partial charge is 0.220 e. The molecule has 1 atom stereocenters. The number of imidazole rings is 1. The van der Waals surface area contributed by atoms with Gasteiger partial charge in [0.2, 0.25) is 5.91 Å². The molecule has 0 saturated carbocycles. The highest BCUT2D eigenvalue weighted by Gasteiger charge is 2.15. The zero-order valence-corrected chi connectivity index (χ0v) is 13.4. The summed E-state index contributed by atoms with van der Waals surface area (Å²) in [5, 5.41) is 6.40. The topological polar surface area (TPSA) is 59.0 Å². The summed E-state index contributed by atoms with van der Waals surface area (Å²) in [6, 6.07) is 8.23. The summed E-state index contributed by atoms with van der Waals surface area (Å²) in [5.41, 5.74) is 2.38. The van der Waals surface area contributed by atoms with Gasteiger partial charge in [-0.3, -0.25) is 4.79 Å². The Morgan fingerprint density at radius 2 is 2.22 bits per heavy atom. The van der Waals surface area contributed by atoms with E-state index in [2.05, 4.69) is 27.8 Å². The van der Waals surface area contributed by atoms with Crippen molar-refractivity contribution in [2.75, 3.05) is 13.1 Å². The van der Waals surface area contributed by atoms with E-state index in [1.807, 2.05) is 29.2 Å². The zero-order chi connectivity index (χ0) is 15.9. The minimum Gasteiger partial charge on any atom is -0.352 e. The number of benzene rings is 1. The fourth-order valence-electron chi connectivity index (χ4n) is 3.04. The van der Waals surface area contributed by atoms with E-state index in [1.54, 1.807) is 6.20 Å². The summed E-state index contributed by atoms with van der Waals surface area (Å²) in [4.78, 5) is 16.1. The minimum atomic E-state index is 0.148. The van der Waals surface area contributed by atoms with Crippen molar-refractivity contribution < 1.29 is 4.79 Å². The van der Waals surface area contributed by atoms with Gasteiger partial charge in [-0.05, 0) is 43.0 Å². The Labute approximate surface area is 137 Å². The molecule has 0 radical (unpaired) electrons. The molecule has 122 valence electrons. The van der Waals surface area contributed by atoms with Crippen molar-refractivity contribution in [1.82, 2.24) is 20.2 Å². The van der Waals surface area contributed by atoms with E-state index in [4.69, 9.17) is 0 Å². The summed E-state index contributed by atoms with van der Waals surface area (Å²) >= 11 is 0. The first-order chi connectivity index (χ1) is 11.3. The van der Waals surface area contributed by atoms with E-state index < -0.39 is 0 Å². The van der Waals surface area contributed by atoms with Gasteiger partial charge in [0.25, 0.3) is 0 Å². The Balaban J connectivity index is 1.50. The molecule has 0 bridgehead atoms. The molecule has 5 heteroatoms. The van der Waals surface area contributed by atoms with Crippen molar-refractivity contribution in [3.8, 4) is 0 Å². The fourth-order valence-corrected chi connectivity index (χ4v) is 3.04. The third kappa shape index (κ3) is 4.66. The largest absolute Gasteiger partial charge is 0.352 e. The van der Waals surface area contributed by atoms with Gasteiger partial charge in [-0.2, -0.15) is 0 Å². The van der Waals surface area contributed by atoms with Crippen LogP contribution >= 0.6 is 0 Å². The van der Waals surface area contributed by atoms with Crippen molar-refractivity contribution in [3.05, 3.63) is 54.1 Å². The van der Waals surface area contributed by atoms with Gasteiger partial charge in [-0.15, -0.1) is 0 Å². The Kier molecular flexibility index (Phi) is 5.42. The molecule has 2 aromatic rings. The molecule has 1 aromatic carbocycles. The molecule has 5 nitrogen and oxygen atoms in total. The molecule has 1 fully saturated rings. The number of carbonyl (C=O) groups excluding carboxylic acids is 1. The molecule has 23 heavy (non-hydrogen) atoms. The Morgan fingerprint density at radius 3 is 2.96 bits per heavy atom. The second kappa shape index (κ2) is 7.92. The Hall–Kier alpha value is -2.14. The van der Waals surface area contributed by atoms with Crippen LogP contribution in [0.5, 0.6) is 0 Å². The third-order valence-corrected chi connectivity index (χ3v) is 4.45. The monoisotopic (exact) mass is 312 g/mol. The van der Waals surface area contributed by atoms with Gasteiger partial charge in [0, 0.05) is 31.9 Å². The number of aromatic nitrogens is 2. The van der Waals surface area contributed by atoms with Crippen LogP contribution in [-0.2, 0) is 17.9 Å². The number of hydrogen-bond donors (Lipinski definition) is 2. The molecule has 1 aromatic heterocycles. The predicted octanol–water partition coefficient (Wildman–Crippen LogP) is 1.94. The molecule has 1 amide bonds. The van der Waals surface area contributed by atoms with E-state index in [9.17, 15) is 4.79 Å². The second-order valence-electron chi connectivity index (χ2n) is 6.18. The average molecular weight is 312 g/mol. The van der Waals surface area contributed by atoms with Gasteiger partial charge in [-0.25, -0.2) is 4.98 Å². The predicted molar refractivity (Wildman–Crippen MR) is 89.8 cm³/mol. The van der Waals surface area contributed by atoms with Crippen molar-refractivity contribution in [2.24, 2.45) is 5.92 Å². The molecule has 1 unspecified atom stereocenters. The summed E-state index contributed by atoms with van der Waals surface area (Å²) in [7, 11) is 0. The van der Waals surface area contributed by atoms with E-state index in [-0.39, 0.29) is 5.91 Å². The van der Waals surface area contributed by atoms with Crippen LogP contribution in [0.3, 0.4) is 0 Å². The van der Waals surface area contributed by atoms with E-state index in [0.29, 0.717) is 18.9 Å². The maximum absolute atomic E-state index is 12.1. The SMILES string of the molecule is O=C(CCC1CCNC1)NCc1ccccc1Cn1ccnc1. The van der Waals surface area contributed by atoms with Crippen molar-refractivity contribution >= 4 is 5.91 Å². The number of nitrogens with one attached hydrogen (secondary N) is 2. The minimum absolute atomic E-state index is 0.148. The highest BCUT2D eigenvalue weighted by molar-refractivity contribution is 5.75. The van der Waals surface area contributed by atoms with E-state index in [1.165, 1.54) is 12.0 Å². The molecular formula is C18H24N4O. The van der Waals surface area contributed by atoms with Crippen molar-refractivity contribution in [1.29, 1.82) is 0 Å². The first kappa shape index (κ1) is 15.7. The molecule has 3 rings (SSSR count). The maximum Gasteiger partial charge on any atom is 0.220 e. The van der Waals surface area contributed by atoms with Crippen LogP contribution in [0.15, 0.2) is 43.0 Å². The molecule has 2 heterocycles. The fraction of sp³-hybridized carbons (Fsp3) is 0.444. The van der Waals surface area contributed by atoms with Gasteiger partial charge in [-0.1, -0.05) is 24.3 Å². The lowest BCUT2D eigenvalue weighted by molar-refractivity contribution is -0.121. The van der Waals surface area contributed by atoms with Crippen molar-refractivity contribution in [3.63, 3.8) is 0 Å². The summed E-state index contributed by atoms with van der Waals surface area (Å²) < 4.78 is 2.04. The van der Waals surface area contributed by atoms with Gasteiger partial charge in [0.1, 0.15) is 0 Å². The molecule has 1 aliphatic rings. The maximum atomic E-state index is 12.1. The van der Waals surface area contributed by atoms with Gasteiger partial charge in [0.15, 0.2) is 0 Å². The van der Waals surface area contributed by atoms with Crippen molar-refractivity contribution in [2.45, 2.75) is 32.4 Å². The number of nitrogens with zero attached hydrogens (tertiary/aromatic N) is 2. The Morgan fingerprint density at radius 1 is 1.35 bits per heavy atom. The third-order valence-electron chi connectivity index (χ3n) is 4.45. The number of carbonyl (C=O) groups is 1. The van der Waals surface area contributed by atoms with E-state index in [0.717, 1.165) is 31.6 Å². The highest BCUT2D eigenvalue weighted by atomic mass is 16.1. The number of amides is 1. The zero-order valence-electron chi connectivity index (χ0n) is 13.4. The molecule has 1 saturated heterocycles. The lowest BCUT2D eigenvalue weighted by Gasteiger charge is -2.12. The quantitative estimate of drug-likeness (QED) is 0.821. The number of rotatable bonds is 7. The molecule has 0 spiro atoms. The normalized spacial score (nSPS) is 17.3. The van der Waals surface area contributed by atoms with Crippen LogP contribution < -0.4 is 10.6 Å². The second-order valence-corrected chi connectivity index (χ2v) is 6.18.